The largest absolute Gasteiger partial charge is 0.482 e. The van der Waals surface area contributed by atoms with Crippen molar-refractivity contribution < 1.29 is 23.8 Å². The van der Waals surface area contributed by atoms with Gasteiger partial charge in [0.1, 0.15) is 22.9 Å². The fourth-order valence-corrected chi connectivity index (χ4v) is 5.57. The third-order valence-electron chi connectivity index (χ3n) is 5.27. The van der Waals surface area contributed by atoms with Gasteiger partial charge in [0.15, 0.2) is 21.3 Å². The molecule has 0 heterocycles. The van der Waals surface area contributed by atoms with Gasteiger partial charge in [0.05, 0.1) is 10.9 Å². The van der Waals surface area contributed by atoms with Crippen molar-refractivity contribution in [2.75, 3.05) is 19.8 Å². The minimum atomic E-state index is -0.513. The molecule has 3 rings (SSSR count). The van der Waals surface area contributed by atoms with Gasteiger partial charge in [-0.2, -0.15) is 0 Å². The van der Waals surface area contributed by atoms with Gasteiger partial charge in [-0.15, -0.1) is 0 Å². The van der Waals surface area contributed by atoms with Gasteiger partial charge in [-0.1, -0.05) is 73.7 Å². The number of carbonyl (C=O) groups is 2. The van der Waals surface area contributed by atoms with E-state index in [-0.39, 0.29) is 46.0 Å². The minimum Gasteiger partial charge on any atom is -0.482 e. The van der Waals surface area contributed by atoms with Crippen LogP contribution >= 0.6 is 22.6 Å². The molecule has 0 fully saturated rings. The topological polar surface area (TPSA) is 61.8 Å². The molecule has 5 nitrogen and oxygen atoms in total. The Morgan fingerprint density at radius 1 is 0.806 bits per heavy atom. The lowest BCUT2D eigenvalue weighted by atomic mass is 9.87. The highest BCUT2D eigenvalue weighted by molar-refractivity contribution is 14.1. The Labute approximate surface area is 230 Å². The zero-order valence-corrected chi connectivity index (χ0v) is 24.0. The Morgan fingerprint density at radius 3 is 1.89 bits per heavy atom. The zero-order chi connectivity index (χ0) is 26.1. The Kier molecular flexibility index (Phi) is 10.2. The first-order valence-corrected chi connectivity index (χ1v) is 14.2. The molecule has 0 N–H and O–H groups in total. The Morgan fingerprint density at radius 2 is 1.33 bits per heavy atom. The Hall–Kier alpha value is -2.52. The molecule has 0 bridgehead atoms. The average Bonchev–Trinajstić information content (AvgIpc) is 2.86. The lowest BCUT2D eigenvalue weighted by molar-refractivity contribution is -0.152. The molecule has 2 unspecified atom stereocenters. The summed E-state index contributed by atoms with van der Waals surface area (Å²) in [5.74, 6) is -0.260. The molecule has 0 radical (unpaired) electrons. The fourth-order valence-electron chi connectivity index (χ4n) is 3.32. The zero-order valence-electron chi connectivity index (χ0n) is 21.0. The van der Waals surface area contributed by atoms with E-state index in [1.807, 2.05) is 52.9 Å². The van der Waals surface area contributed by atoms with Crippen LogP contribution in [0.4, 0.5) is 0 Å². The van der Waals surface area contributed by atoms with Gasteiger partial charge in [-0.25, -0.2) is 4.79 Å². The van der Waals surface area contributed by atoms with E-state index in [0.717, 1.165) is 4.90 Å². The number of halogens is 1. The molecule has 7 heteroatoms. The highest BCUT2D eigenvalue weighted by Gasteiger charge is 2.29. The van der Waals surface area contributed by atoms with E-state index < -0.39 is 5.97 Å². The highest BCUT2D eigenvalue weighted by atomic mass is 127. The molecule has 0 amide bonds. The predicted molar refractivity (Wildman–Crippen MR) is 151 cm³/mol. The van der Waals surface area contributed by atoms with Gasteiger partial charge in [0, 0.05) is 0 Å². The molecule has 36 heavy (non-hydrogen) atoms. The summed E-state index contributed by atoms with van der Waals surface area (Å²) in [6.07, 6.45) is 0. The molecule has 0 aliphatic carbocycles. The van der Waals surface area contributed by atoms with Crippen LogP contribution in [0.15, 0.2) is 93.5 Å². The highest BCUT2D eigenvalue weighted by Crippen LogP contribution is 2.33. The summed E-state index contributed by atoms with van der Waals surface area (Å²) < 4.78 is 15.4. The number of ether oxygens (including phenoxy) is 3. The van der Waals surface area contributed by atoms with E-state index in [4.69, 9.17) is 14.2 Å². The fraction of sp³-hybridized carbons (Fsp3) is 0.310. The maximum atomic E-state index is 12.0. The van der Waals surface area contributed by atoms with Crippen LogP contribution < -0.4 is 4.74 Å². The van der Waals surface area contributed by atoms with Crippen molar-refractivity contribution in [1.29, 1.82) is 0 Å². The summed E-state index contributed by atoms with van der Waals surface area (Å²) >= 11 is 1.97. The van der Waals surface area contributed by atoms with Crippen LogP contribution in [0.1, 0.15) is 33.3 Å². The second-order valence-electron chi connectivity index (χ2n) is 9.16. The van der Waals surface area contributed by atoms with E-state index in [1.165, 1.54) is 15.4 Å². The maximum absolute atomic E-state index is 12.0. The Bertz CT molecular complexity index is 1120. The van der Waals surface area contributed by atoms with Crippen LogP contribution in [0, 0.1) is 0 Å². The number of hydrogen-bond acceptors (Lipinski definition) is 5. The first-order chi connectivity index (χ1) is 17.1. The van der Waals surface area contributed by atoms with Crippen molar-refractivity contribution in [3.63, 3.8) is 0 Å². The molecule has 3 aromatic carbocycles. The quantitative estimate of drug-likeness (QED) is 0.0869. The summed E-state index contributed by atoms with van der Waals surface area (Å²) in [7, 11) is -0.273. The first kappa shape index (κ1) is 28.1. The van der Waals surface area contributed by atoms with Crippen LogP contribution in [0.3, 0.4) is 0 Å². The lowest BCUT2D eigenvalue weighted by Gasteiger charge is -2.19. The van der Waals surface area contributed by atoms with Crippen molar-refractivity contribution in [3.05, 3.63) is 84.4 Å². The second-order valence-corrected chi connectivity index (χ2v) is 13.1. The predicted octanol–water partition coefficient (Wildman–Crippen LogP) is 6.37. The first-order valence-electron chi connectivity index (χ1n) is 11.7. The molecule has 0 aliphatic rings. The molecule has 0 saturated carbocycles. The van der Waals surface area contributed by atoms with Gasteiger partial charge < -0.3 is 14.2 Å². The van der Waals surface area contributed by atoms with E-state index in [9.17, 15) is 9.59 Å². The van der Waals surface area contributed by atoms with Crippen molar-refractivity contribution in [2.24, 2.45) is 0 Å². The van der Waals surface area contributed by atoms with Crippen molar-refractivity contribution >= 4 is 45.4 Å². The number of carbonyl (C=O) groups excluding carboxylic acids is 2. The summed E-state index contributed by atoms with van der Waals surface area (Å²) in [6.45, 7) is 8.21. The molecule has 0 aromatic heterocycles. The third-order valence-corrected chi connectivity index (χ3v) is 8.01. The molecular formula is C29H32IO5S+. The van der Waals surface area contributed by atoms with Crippen molar-refractivity contribution in [3.8, 4) is 5.75 Å². The normalized spacial score (nSPS) is 12.9. The molecule has 0 aliphatic heterocycles. The summed E-state index contributed by atoms with van der Waals surface area (Å²) in [4.78, 5) is 27.0. The lowest BCUT2D eigenvalue weighted by Crippen LogP contribution is -2.20. The SMILES string of the molecule is CC(I)C(=O)OCCOC(=O)COc1ccc([S+](c2ccccc2)c2ccc(C(C)(C)C)cc2)cc1. The summed E-state index contributed by atoms with van der Waals surface area (Å²) in [5, 5.41) is 0. The van der Waals surface area contributed by atoms with Crippen LogP contribution in [-0.2, 0) is 35.4 Å². The van der Waals surface area contributed by atoms with Gasteiger partial charge in [-0.3, -0.25) is 4.79 Å². The number of alkyl halides is 1. The maximum Gasteiger partial charge on any atom is 0.344 e. The smallest absolute Gasteiger partial charge is 0.344 e. The Balaban J connectivity index is 1.64. The number of rotatable bonds is 10. The molecule has 0 spiro atoms. The average molecular weight is 620 g/mol. The van der Waals surface area contributed by atoms with E-state index in [2.05, 4.69) is 69.3 Å². The van der Waals surface area contributed by atoms with Crippen molar-refractivity contribution in [2.45, 2.75) is 51.7 Å². The second kappa shape index (κ2) is 13.1. The van der Waals surface area contributed by atoms with Crippen LogP contribution in [0.25, 0.3) is 0 Å². The number of esters is 2. The third kappa shape index (κ3) is 8.27. The molecule has 2 atom stereocenters. The van der Waals surface area contributed by atoms with E-state index >= 15 is 0 Å². The van der Waals surface area contributed by atoms with E-state index in [0.29, 0.717) is 5.75 Å². The van der Waals surface area contributed by atoms with Gasteiger partial charge in [-0.05, 0) is 66.4 Å². The van der Waals surface area contributed by atoms with Gasteiger partial charge >= 0.3 is 11.9 Å². The van der Waals surface area contributed by atoms with Gasteiger partial charge in [0.2, 0.25) is 0 Å². The molecule has 190 valence electrons. The van der Waals surface area contributed by atoms with Crippen LogP contribution in [-0.4, -0.2) is 35.7 Å². The minimum absolute atomic E-state index is 0.00408. The number of hydrogen-bond donors (Lipinski definition) is 0. The van der Waals surface area contributed by atoms with Gasteiger partial charge in [0.25, 0.3) is 0 Å². The summed E-state index contributed by atoms with van der Waals surface area (Å²) in [6, 6.07) is 27.1. The molecule has 3 aromatic rings. The van der Waals surface area contributed by atoms with Crippen molar-refractivity contribution in [1.82, 2.24) is 0 Å². The molecular weight excluding hydrogens is 587 g/mol. The van der Waals surface area contributed by atoms with Crippen LogP contribution in [0.2, 0.25) is 0 Å². The standard InChI is InChI=1S/C29H32IO5S/c1-21(30)28(32)34-19-18-33-27(31)20-35-23-12-16-26(17-13-23)36(24-8-6-5-7-9-24)25-14-10-22(11-15-25)29(2,3)4/h5-17,21H,18-20H2,1-4H3/q+1. The van der Waals surface area contributed by atoms with Crippen LogP contribution in [0.5, 0.6) is 5.75 Å². The number of benzene rings is 3. The van der Waals surface area contributed by atoms with E-state index in [1.54, 1.807) is 6.92 Å². The summed E-state index contributed by atoms with van der Waals surface area (Å²) in [5.41, 5.74) is 1.40. The monoisotopic (exact) mass is 619 g/mol. The molecule has 0 saturated heterocycles.